The third-order valence-electron chi connectivity index (χ3n) is 4.41. The lowest BCUT2D eigenvalue weighted by molar-refractivity contribution is 0.101. The van der Waals surface area contributed by atoms with E-state index in [1.807, 2.05) is 37.3 Å². The Kier molecular flexibility index (Phi) is 5.16. The first-order chi connectivity index (χ1) is 13.0. The molecule has 3 aromatic rings. The molecule has 0 saturated carbocycles. The number of ketones is 1. The first kappa shape index (κ1) is 18.5. The highest BCUT2D eigenvalue weighted by Crippen LogP contribution is 2.42. The van der Waals surface area contributed by atoms with E-state index < -0.39 is 0 Å². The van der Waals surface area contributed by atoms with Crippen LogP contribution in [0.3, 0.4) is 0 Å². The van der Waals surface area contributed by atoms with Crippen LogP contribution in [0.4, 0.5) is 0 Å². The predicted octanol–water partition coefficient (Wildman–Crippen LogP) is 4.08. The van der Waals surface area contributed by atoms with Crippen LogP contribution in [0.25, 0.3) is 16.9 Å². The number of ether oxygens (including phenoxy) is 3. The molecule has 27 heavy (non-hydrogen) atoms. The van der Waals surface area contributed by atoms with Crippen LogP contribution in [0.5, 0.6) is 17.2 Å². The molecule has 0 saturated heterocycles. The van der Waals surface area contributed by atoms with Crippen LogP contribution in [-0.2, 0) is 0 Å². The van der Waals surface area contributed by atoms with Gasteiger partial charge in [0.1, 0.15) is 5.69 Å². The summed E-state index contributed by atoms with van der Waals surface area (Å²) >= 11 is 0. The summed E-state index contributed by atoms with van der Waals surface area (Å²) in [5.74, 6) is 1.45. The third kappa shape index (κ3) is 3.26. The van der Waals surface area contributed by atoms with Crippen molar-refractivity contribution in [3.63, 3.8) is 0 Å². The number of para-hydroxylation sites is 1. The van der Waals surface area contributed by atoms with Gasteiger partial charge in [0.15, 0.2) is 17.3 Å². The SMILES string of the molecule is COc1cc(-c2nn(-c3ccccc3)c(C)c2C(C)=O)cc(OC)c1OC. The van der Waals surface area contributed by atoms with Crippen molar-refractivity contribution in [2.45, 2.75) is 13.8 Å². The maximum absolute atomic E-state index is 12.4. The summed E-state index contributed by atoms with van der Waals surface area (Å²) in [7, 11) is 4.66. The van der Waals surface area contributed by atoms with Crippen LogP contribution < -0.4 is 14.2 Å². The Morgan fingerprint density at radius 1 is 0.963 bits per heavy atom. The van der Waals surface area contributed by atoms with Crippen LogP contribution in [0.2, 0.25) is 0 Å². The zero-order chi connectivity index (χ0) is 19.6. The summed E-state index contributed by atoms with van der Waals surface area (Å²) in [5, 5.41) is 4.72. The molecule has 6 nitrogen and oxygen atoms in total. The number of carbonyl (C=O) groups excluding carboxylic acids is 1. The van der Waals surface area contributed by atoms with Gasteiger partial charge in [0.05, 0.1) is 38.3 Å². The Morgan fingerprint density at radius 2 is 1.56 bits per heavy atom. The van der Waals surface area contributed by atoms with Crippen molar-refractivity contribution in [2.75, 3.05) is 21.3 Å². The number of methoxy groups -OCH3 is 3. The minimum Gasteiger partial charge on any atom is -0.493 e. The van der Waals surface area contributed by atoms with E-state index in [4.69, 9.17) is 19.3 Å². The van der Waals surface area contributed by atoms with Crippen molar-refractivity contribution in [2.24, 2.45) is 0 Å². The van der Waals surface area contributed by atoms with E-state index >= 15 is 0 Å². The van der Waals surface area contributed by atoms with Gasteiger partial charge in [-0.15, -0.1) is 0 Å². The first-order valence-electron chi connectivity index (χ1n) is 8.48. The molecule has 3 rings (SSSR count). The zero-order valence-corrected chi connectivity index (χ0v) is 16.1. The average molecular weight is 366 g/mol. The molecule has 0 aliphatic rings. The number of benzene rings is 2. The molecule has 140 valence electrons. The van der Waals surface area contributed by atoms with Gasteiger partial charge in [-0.3, -0.25) is 4.79 Å². The van der Waals surface area contributed by atoms with Gasteiger partial charge in [0.2, 0.25) is 5.75 Å². The Morgan fingerprint density at radius 3 is 2.04 bits per heavy atom. The highest BCUT2D eigenvalue weighted by Gasteiger charge is 2.23. The average Bonchev–Trinajstić information content (AvgIpc) is 3.04. The van der Waals surface area contributed by atoms with E-state index in [0.29, 0.717) is 34.1 Å². The van der Waals surface area contributed by atoms with Crippen LogP contribution >= 0.6 is 0 Å². The maximum Gasteiger partial charge on any atom is 0.203 e. The highest BCUT2D eigenvalue weighted by atomic mass is 16.5. The van der Waals surface area contributed by atoms with Gasteiger partial charge < -0.3 is 14.2 Å². The summed E-state index contributed by atoms with van der Waals surface area (Å²) < 4.78 is 18.0. The molecule has 0 unspecified atom stereocenters. The van der Waals surface area contributed by atoms with E-state index in [1.54, 1.807) is 45.1 Å². The lowest BCUT2D eigenvalue weighted by atomic mass is 10.0. The van der Waals surface area contributed by atoms with E-state index in [-0.39, 0.29) is 5.78 Å². The number of hydrogen-bond acceptors (Lipinski definition) is 5. The fourth-order valence-corrected chi connectivity index (χ4v) is 3.16. The van der Waals surface area contributed by atoms with Crippen LogP contribution in [-0.4, -0.2) is 36.9 Å². The van der Waals surface area contributed by atoms with Gasteiger partial charge in [0, 0.05) is 5.56 Å². The lowest BCUT2D eigenvalue weighted by Gasteiger charge is -2.13. The van der Waals surface area contributed by atoms with Crippen LogP contribution in [0, 0.1) is 6.92 Å². The van der Waals surface area contributed by atoms with Crippen LogP contribution in [0.15, 0.2) is 42.5 Å². The molecule has 0 bridgehead atoms. The number of rotatable bonds is 6. The minimum atomic E-state index is -0.0570. The molecule has 0 fully saturated rings. The predicted molar refractivity (Wildman–Crippen MR) is 103 cm³/mol. The molecule has 0 N–H and O–H groups in total. The highest BCUT2D eigenvalue weighted by molar-refractivity contribution is 6.01. The fourth-order valence-electron chi connectivity index (χ4n) is 3.16. The lowest BCUT2D eigenvalue weighted by Crippen LogP contribution is -2.00. The molecule has 2 aromatic carbocycles. The Balaban J connectivity index is 2.27. The Labute approximate surface area is 158 Å². The van der Waals surface area contributed by atoms with Crippen molar-refractivity contribution in [1.29, 1.82) is 0 Å². The second-order valence-corrected chi connectivity index (χ2v) is 6.03. The summed E-state index contributed by atoms with van der Waals surface area (Å²) in [5.41, 5.74) is 3.51. The van der Waals surface area contributed by atoms with Crippen molar-refractivity contribution in [3.8, 4) is 34.2 Å². The monoisotopic (exact) mass is 366 g/mol. The molecular formula is C21H22N2O4. The molecule has 0 radical (unpaired) electrons. The first-order valence-corrected chi connectivity index (χ1v) is 8.48. The number of Topliss-reactive ketones (excluding diaryl/α,β-unsaturated/α-hetero) is 1. The van der Waals surface area contributed by atoms with Gasteiger partial charge in [-0.25, -0.2) is 4.68 Å². The number of nitrogens with zero attached hydrogens (tertiary/aromatic N) is 2. The molecular weight excluding hydrogens is 344 g/mol. The molecule has 0 aliphatic carbocycles. The van der Waals surface area contributed by atoms with E-state index in [1.165, 1.54) is 0 Å². The molecule has 1 heterocycles. The molecule has 0 atom stereocenters. The van der Waals surface area contributed by atoms with Gasteiger partial charge in [-0.1, -0.05) is 18.2 Å². The summed E-state index contributed by atoms with van der Waals surface area (Å²) in [6.07, 6.45) is 0. The van der Waals surface area contributed by atoms with Crippen molar-refractivity contribution in [1.82, 2.24) is 9.78 Å². The van der Waals surface area contributed by atoms with Gasteiger partial charge in [-0.2, -0.15) is 5.10 Å². The van der Waals surface area contributed by atoms with Crippen molar-refractivity contribution >= 4 is 5.78 Å². The van der Waals surface area contributed by atoms with Gasteiger partial charge in [0.25, 0.3) is 0 Å². The van der Waals surface area contributed by atoms with E-state index in [0.717, 1.165) is 11.4 Å². The van der Waals surface area contributed by atoms with Crippen LogP contribution in [0.1, 0.15) is 23.0 Å². The van der Waals surface area contributed by atoms with Crippen molar-refractivity contribution < 1.29 is 19.0 Å². The number of carbonyl (C=O) groups is 1. The largest absolute Gasteiger partial charge is 0.493 e. The standard InChI is InChI=1S/C21H22N2O4/c1-13-19(14(2)24)20(22-23(13)16-9-7-6-8-10-16)15-11-17(25-3)21(27-5)18(12-15)26-4/h6-12H,1-5H3. The van der Waals surface area contributed by atoms with Gasteiger partial charge in [-0.05, 0) is 38.1 Å². The van der Waals surface area contributed by atoms with Gasteiger partial charge >= 0.3 is 0 Å². The maximum atomic E-state index is 12.4. The molecule has 6 heteroatoms. The van der Waals surface area contributed by atoms with E-state index in [9.17, 15) is 4.79 Å². The summed E-state index contributed by atoms with van der Waals surface area (Å²) in [6, 6.07) is 13.3. The van der Waals surface area contributed by atoms with E-state index in [2.05, 4.69) is 0 Å². The molecule has 0 aliphatic heterocycles. The Bertz CT molecular complexity index is 952. The molecule has 0 spiro atoms. The smallest absolute Gasteiger partial charge is 0.203 e. The Hall–Kier alpha value is -3.28. The normalized spacial score (nSPS) is 10.6. The second kappa shape index (κ2) is 7.53. The minimum absolute atomic E-state index is 0.0570. The molecule has 0 amide bonds. The third-order valence-corrected chi connectivity index (χ3v) is 4.41. The summed E-state index contributed by atoms with van der Waals surface area (Å²) in [4.78, 5) is 12.4. The topological polar surface area (TPSA) is 62.6 Å². The quantitative estimate of drug-likeness (QED) is 0.615. The number of aromatic nitrogens is 2. The zero-order valence-electron chi connectivity index (χ0n) is 16.1. The second-order valence-electron chi connectivity index (χ2n) is 6.03. The summed E-state index contributed by atoms with van der Waals surface area (Å²) in [6.45, 7) is 3.43. The van der Waals surface area contributed by atoms with Crippen molar-refractivity contribution in [3.05, 3.63) is 53.7 Å². The molecule has 1 aromatic heterocycles. The number of hydrogen-bond donors (Lipinski definition) is 0. The fraction of sp³-hybridized carbons (Fsp3) is 0.238.